The quantitative estimate of drug-likeness (QED) is 0.890. The Hall–Kier alpha value is -2.36. The largest absolute Gasteiger partial charge is 0.366 e. The second kappa shape index (κ2) is 7.59. The van der Waals surface area contributed by atoms with Crippen LogP contribution in [-0.2, 0) is 6.54 Å². The molecule has 4 nitrogen and oxygen atoms in total. The van der Waals surface area contributed by atoms with Crippen molar-refractivity contribution in [3.05, 3.63) is 59.9 Å². The highest BCUT2D eigenvalue weighted by Gasteiger charge is 2.10. The first-order chi connectivity index (χ1) is 10.6. The fraction of sp³-hybridized carbons (Fsp3) is 0.333. The molecule has 1 heterocycles. The van der Waals surface area contributed by atoms with Crippen LogP contribution in [0.4, 0.5) is 5.69 Å². The molecule has 0 saturated heterocycles. The van der Waals surface area contributed by atoms with Crippen LogP contribution in [0.3, 0.4) is 0 Å². The molecule has 2 aromatic rings. The lowest BCUT2D eigenvalue weighted by atomic mass is 10.2. The molecule has 0 bridgehead atoms. The lowest BCUT2D eigenvalue weighted by Gasteiger charge is -2.23. The monoisotopic (exact) mass is 297 g/mol. The van der Waals surface area contributed by atoms with E-state index in [2.05, 4.69) is 34.3 Å². The van der Waals surface area contributed by atoms with E-state index in [1.807, 2.05) is 38.1 Å². The van der Waals surface area contributed by atoms with Crippen LogP contribution in [0.5, 0.6) is 0 Å². The molecule has 1 amide bonds. The number of rotatable bonds is 6. The van der Waals surface area contributed by atoms with Gasteiger partial charge in [-0.15, -0.1) is 0 Å². The Kier molecular flexibility index (Phi) is 5.53. The number of pyridine rings is 1. The van der Waals surface area contributed by atoms with E-state index < -0.39 is 0 Å². The first-order valence-corrected chi connectivity index (χ1v) is 7.66. The Balaban J connectivity index is 2.09. The Labute approximate surface area is 132 Å². The SMILES string of the molecule is CCN(Cc1ccccc1)c1ccc(C(=O)NC(C)C)nc1. The molecule has 22 heavy (non-hydrogen) atoms. The highest BCUT2D eigenvalue weighted by molar-refractivity contribution is 5.92. The number of hydrogen-bond donors (Lipinski definition) is 1. The first kappa shape index (κ1) is 16.0. The van der Waals surface area contributed by atoms with Crippen LogP contribution < -0.4 is 10.2 Å². The van der Waals surface area contributed by atoms with Crippen molar-refractivity contribution in [3.63, 3.8) is 0 Å². The summed E-state index contributed by atoms with van der Waals surface area (Å²) in [5, 5.41) is 2.85. The van der Waals surface area contributed by atoms with Gasteiger partial charge in [0.25, 0.3) is 5.91 Å². The van der Waals surface area contributed by atoms with Crippen molar-refractivity contribution in [2.45, 2.75) is 33.4 Å². The van der Waals surface area contributed by atoms with Crippen LogP contribution in [0.2, 0.25) is 0 Å². The highest BCUT2D eigenvalue weighted by Crippen LogP contribution is 2.16. The van der Waals surface area contributed by atoms with Gasteiger partial charge < -0.3 is 10.2 Å². The Bertz CT molecular complexity index is 593. The van der Waals surface area contributed by atoms with Gasteiger partial charge in [0.05, 0.1) is 11.9 Å². The number of benzene rings is 1. The van der Waals surface area contributed by atoms with Gasteiger partial charge in [0.1, 0.15) is 5.69 Å². The number of amides is 1. The molecule has 4 heteroatoms. The van der Waals surface area contributed by atoms with Crippen LogP contribution in [0.15, 0.2) is 48.7 Å². The molecular formula is C18H23N3O. The third-order valence-electron chi connectivity index (χ3n) is 3.36. The van der Waals surface area contributed by atoms with Crippen molar-refractivity contribution < 1.29 is 4.79 Å². The van der Waals surface area contributed by atoms with Gasteiger partial charge in [0.15, 0.2) is 0 Å². The molecule has 0 aliphatic heterocycles. The second-order valence-corrected chi connectivity index (χ2v) is 5.53. The van der Waals surface area contributed by atoms with E-state index in [-0.39, 0.29) is 11.9 Å². The Morgan fingerprint density at radius 3 is 2.45 bits per heavy atom. The Morgan fingerprint density at radius 2 is 1.91 bits per heavy atom. The zero-order chi connectivity index (χ0) is 15.9. The second-order valence-electron chi connectivity index (χ2n) is 5.53. The maximum Gasteiger partial charge on any atom is 0.270 e. The van der Waals surface area contributed by atoms with Crippen molar-refractivity contribution in [2.24, 2.45) is 0 Å². The summed E-state index contributed by atoms with van der Waals surface area (Å²) in [6.45, 7) is 7.70. The van der Waals surface area contributed by atoms with Crippen molar-refractivity contribution in [3.8, 4) is 0 Å². The van der Waals surface area contributed by atoms with E-state index in [0.29, 0.717) is 5.69 Å². The predicted molar refractivity (Wildman–Crippen MR) is 90.0 cm³/mol. The molecule has 0 atom stereocenters. The number of anilines is 1. The standard InChI is InChI=1S/C18H23N3O/c1-4-21(13-15-8-6-5-7-9-15)16-10-11-17(19-12-16)18(22)20-14(2)3/h5-12,14H,4,13H2,1-3H3,(H,20,22). The average molecular weight is 297 g/mol. The summed E-state index contributed by atoms with van der Waals surface area (Å²) in [5.41, 5.74) is 2.73. The maximum atomic E-state index is 11.9. The van der Waals surface area contributed by atoms with Crippen molar-refractivity contribution in [2.75, 3.05) is 11.4 Å². The number of aromatic nitrogens is 1. The van der Waals surface area contributed by atoms with E-state index in [4.69, 9.17) is 0 Å². The van der Waals surface area contributed by atoms with E-state index in [9.17, 15) is 4.79 Å². The molecular weight excluding hydrogens is 274 g/mol. The predicted octanol–water partition coefficient (Wildman–Crippen LogP) is 3.25. The fourth-order valence-corrected chi connectivity index (χ4v) is 2.23. The summed E-state index contributed by atoms with van der Waals surface area (Å²) < 4.78 is 0. The van der Waals surface area contributed by atoms with E-state index in [1.165, 1.54) is 5.56 Å². The third-order valence-corrected chi connectivity index (χ3v) is 3.36. The number of carbonyl (C=O) groups is 1. The number of nitrogens with one attached hydrogen (secondary N) is 1. The zero-order valence-corrected chi connectivity index (χ0v) is 13.4. The van der Waals surface area contributed by atoms with Gasteiger partial charge >= 0.3 is 0 Å². The molecule has 1 aromatic carbocycles. The molecule has 116 valence electrons. The van der Waals surface area contributed by atoms with Crippen LogP contribution in [-0.4, -0.2) is 23.5 Å². The van der Waals surface area contributed by atoms with Gasteiger partial charge in [0.2, 0.25) is 0 Å². The molecule has 2 rings (SSSR count). The number of carbonyl (C=O) groups excluding carboxylic acids is 1. The lowest BCUT2D eigenvalue weighted by Crippen LogP contribution is -2.30. The minimum absolute atomic E-state index is 0.110. The normalized spacial score (nSPS) is 10.5. The Morgan fingerprint density at radius 1 is 1.18 bits per heavy atom. The van der Waals surface area contributed by atoms with E-state index >= 15 is 0 Å². The summed E-state index contributed by atoms with van der Waals surface area (Å²) in [4.78, 5) is 18.4. The summed E-state index contributed by atoms with van der Waals surface area (Å²) in [6, 6.07) is 14.2. The molecule has 0 saturated carbocycles. The van der Waals surface area contributed by atoms with Crippen LogP contribution in [0, 0.1) is 0 Å². The fourth-order valence-electron chi connectivity index (χ4n) is 2.23. The average Bonchev–Trinajstić information content (AvgIpc) is 2.53. The van der Waals surface area contributed by atoms with Crippen LogP contribution in [0.1, 0.15) is 36.8 Å². The molecule has 0 spiro atoms. The molecule has 0 aliphatic rings. The van der Waals surface area contributed by atoms with Gasteiger partial charge in [-0.2, -0.15) is 0 Å². The van der Waals surface area contributed by atoms with Crippen LogP contribution >= 0.6 is 0 Å². The molecule has 1 N–H and O–H groups in total. The van der Waals surface area contributed by atoms with Gasteiger partial charge in [0, 0.05) is 19.1 Å². The van der Waals surface area contributed by atoms with Gasteiger partial charge in [-0.1, -0.05) is 30.3 Å². The van der Waals surface area contributed by atoms with Crippen molar-refractivity contribution in [1.82, 2.24) is 10.3 Å². The summed E-state index contributed by atoms with van der Waals surface area (Å²) >= 11 is 0. The summed E-state index contributed by atoms with van der Waals surface area (Å²) in [5.74, 6) is -0.132. The molecule has 1 aromatic heterocycles. The lowest BCUT2D eigenvalue weighted by molar-refractivity contribution is 0.0938. The van der Waals surface area contributed by atoms with E-state index in [1.54, 1.807) is 12.3 Å². The summed E-state index contributed by atoms with van der Waals surface area (Å²) in [7, 11) is 0. The van der Waals surface area contributed by atoms with Gasteiger partial charge in [-0.05, 0) is 38.5 Å². The molecule has 0 aliphatic carbocycles. The zero-order valence-electron chi connectivity index (χ0n) is 13.4. The number of nitrogens with zero attached hydrogens (tertiary/aromatic N) is 2. The van der Waals surface area contributed by atoms with Gasteiger partial charge in [-0.3, -0.25) is 4.79 Å². The van der Waals surface area contributed by atoms with Gasteiger partial charge in [-0.25, -0.2) is 4.98 Å². The topological polar surface area (TPSA) is 45.2 Å². The molecule has 0 radical (unpaired) electrons. The molecule has 0 fully saturated rings. The smallest absolute Gasteiger partial charge is 0.270 e. The minimum atomic E-state index is -0.132. The maximum absolute atomic E-state index is 11.9. The third kappa shape index (κ3) is 4.32. The van der Waals surface area contributed by atoms with Crippen LogP contribution in [0.25, 0.3) is 0 Å². The first-order valence-electron chi connectivity index (χ1n) is 7.66. The number of hydrogen-bond acceptors (Lipinski definition) is 3. The minimum Gasteiger partial charge on any atom is -0.366 e. The van der Waals surface area contributed by atoms with Crippen molar-refractivity contribution in [1.29, 1.82) is 0 Å². The highest BCUT2D eigenvalue weighted by atomic mass is 16.1. The van der Waals surface area contributed by atoms with Crippen molar-refractivity contribution >= 4 is 11.6 Å². The molecule has 0 unspecified atom stereocenters. The van der Waals surface area contributed by atoms with E-state index in [0.717, 1.165) is 18.8 Å². The summed E-state index contributed by atoms with van der Waals surface area (Å²) in [6.07, 6.45) is 1.77.